The summed E-state index contributed by atoms with van der Waals surface area (Å²) in [7, 11) is 0. The molecule has 2 heterocycles. The van der Waals surface area contributed by atoms with Crippen LogP contribution in [0, 0.1) is 6.92 Å². The van der Waals surface area contributed by atoms with Crippen LogP contribution in [0.4, 0.5) is 17.5 Å². The van der Waals surface area contributed by atoms with Crippen molar-refractivity contribution in [2.45, 2.75) is 20.3 Å². The van der Waals surface area contributed by atoms with Crippen LogP contribution in [0.5, 0.6) is 0 Å². The number of rotatable bonds is 3. The van der Waals surface area contributed by atoms with Gasteiger partial charge in [0.15, 0.2) is 0 Å². The predicted octanol–water partition coefficient (Wildman–Crippen LogP) is 3.89. The molecule has 0 amide bonds. The summed E-state index contributed by atoms with van der Waals surface area (Å²) in [5.74, 6) is 1.08. The lowest BCUT2D eigenvalue weighted by atomic mass is 10.2. The van der Waals surface area contributed by atoms with Gasteiger partial charge in [0.05, 0.1) is 5.39 Å². The number of para-hydroxylation sites is 1. The van der Waals surface area contributed by atoms with Crippen LogP contribution in [0.1, 0.15) is 17.4 Å². The Morgan fingerprint density at radius 3 is 2.80 bits per heavy atom. The van der Waals surface area contributed by atoms with Crippen LogP contribution in [0.15, 0.2) is 30.3 Å². The SMILES string of the molecule is CCc1cc2c(Nc3ccccc3C)nc(N)nc2s1. The highest BCUT2D eigenvalue weighted by molar-refractivity contribution is 7.18. The Balaban J connectivity index is 2.11. The standard InChI is InChI=1S/C15H16N4S/c1-3-10-8-11-13(18-15(16)19-14(11)20-10)17-12-7-5-4-6-9(12)2/h4-8H,3H2,1-2H3,(H3,16,17,18,19). The van der Waals surface area contributed by atoms with Crippen LogP contribution in [0.25, 0.3) is 10.2 Å². The average molecular weight is 284 g/mol. The number of nitrogens with zero attached hydrogens (tertiary/aromatic N) is 2. The zero-order valence-electron chi connectivity index (χ0n) is 11.5. The van der Waals surface area contributed by atoms with Gasteiger partial charge in [-0.05, 0) is 31.0 Å². The number of aromatic nitrogens is 2. The molecule has 0 saturated carbocycles. The molecule has 0 atom stereocenters. The molecule has 1 aromatic carbocycles. The van der Waals surface area contributed by atoms with E-state index in [-0.39, 0.29) is 0 Å². The van der Waals surface area contributed by atoms with E-state index in [0.717, 1.165) is 28.1 Å². The minimum absolute atomic E-state index is 0.304. The fourth-order valence-electron chi connectivity index (χ4n) is 2.10. The Morgan fingerprint density at radius 1 is 1.25 bits per heavy atom. The first-order valence-corrected chi connectivity index (χ1v) is 7.37. The van der Waals surface area contributed by atoms with Gasteiger partial charge in [-0.3, -0.25) is 0 Å². The third-order valence-corrected chi connectivity index (χ3v) is 4.38. The second kappa shape index (κ2) is 5.09. The van der Waals surface area contributed by atoms with Crippen molar-refractivity contribution in [3.63, 3.8) is 0 Å². The summed E-state index contributed by atoms with van der Waals surface area (Å²) in [4.78, 5) is 10.9. The summed E-state index contributed by atoms with van der Waals surface area (Å²) in [6, 6.07) is 10.3. The van der Waals surface area contributed by atoms with Crippen molar-refractivity contribution in [1.82, 2.24) is 9.97 Å². The van der Waals surface area contributed by atoms with Crippen LogP contribution in [0.3, 0.4) is 0 Å². The Bertz CT molecular complexity index is 764. The van der Waals surface area contributed by atoms with Crippen molar-refractivity contribution in [3.8, 4) is 0 Å². The third kappa shape index (κ3) is 2.32. The van der Waals surface area contributed by atoms with E-state index in [1.807, 2.05) is 18.2 Å². The lowest BCUT2D eigenvalue weighted by molar-refractivity contribution is 1.19. The lowest BCUT2D eigenvalue weighted by Gasteiger charge is -2.09. The second-order valence-corrected chi connectivity index (χ2v) is 5.77. The third-order valence-electron chi connectivity index (χ3n) is 3.21. The molecule has 0 aliphatic rings. The van der Waals surface area contributed by atoms with Gasteiger partial charge in [0.1, 0.15) is 10.6 Å². The van der Waals surface area contributed by atoms with Crippen LogP contribution >= 0.6 is 11.3 Å². The van der Waals surface area contributed by atoms with Crippen LogP contribution < -0.4 is 11.1 Å². The molecular formula is C15H16N4S. The fourth-order valence-corrected chi connectivity index (χ4v) is 3.07. The Morgan fingerprint density at radius 2 is 2.05 bits per heavy atom. The quantitative estimate of drug-likeness (QED) is 0.766. The van der Waals surface area contributed by atoms with Gasteiger partial charge in [-0.25, -0.2) is 4.98 Å². The molecule has 0 unspecified atom stereocenters. The van der Waals surface area contributed by atoms with Crippen molar-refractivity contribution < 1.29 is 0 Å². The summed E-state index contributed by atoms with van der Waals surface area (Å²) < 4.78 is 0. The maximum absolute atomic E-state index is 5.81. The van der Waals surface area contributed by atoms with Gasteiger partial charge in [-0.2, -0.15) is 4.98 Å². The number of hydrogen-bond acceptors (Lipinski definition) is 5. The first-order valence-electron chi connectivity index (χ1n) is 6.56. The van der Waals surface area contributed by atoms with Gasteiger partial charge in [0.2, 0.25) is 5.95 Å². The minimum atomic E-state index is 0.304. The first kappa shape index (κ1) is 12.9. The van der Waals surface area contributed by atoms with Crippen molar-refractivity contribution in [2.75, 3.05) is 11.1 Å². The number of nitrogens with two attached hydrogens (primary N) is 1. The number of aryl methyl sites for hydroxylation is 2. The molecule has 0 fully saturated rings. The van der Waals surface area contributed by atoms with Crippen molar-refractivity contribution >= 4 is 39.0 Å². The summed E-state index contributed by atoms with van der Waals surface area (Å²) in [6.07, 6.45) is 0.991. The molecule has 0 aliphatic heterocycles. The van der Waals surface area contributed by atoms with E-state index in [0.29, 0.717) is 5.95 Å². The van der Waals surface area contributed by atoms with Crippen LogP contribution in [-0.2, 0) is 6.42 Å². The maximum atomic E-state index is 5.81. The summed E-state index contributed by atoms with van der Waals surface area (Å²) in [5, 5.41) is 4.40. The van der Waals surface area contributed by atoms with Gasteiger partial charge in [0, 0.05) is 10.6 Å². The minimum Gasteiger partial charge on any atom is -0.368 e. The molecule has 3 aromatic rings. The maximum Gasteiger partial charge on any atom is 0.223 e. The van der Waals surface area contributed by atoms with E-state index in [1.54, 1.807) is 11.3 Å². The van der Waals surface area contributed by atoms with E-state index >= 15 is 0 Å². The van der Waals surface area contributed by atoms with Gasteiger partial charge in [-0.1, -0.05) is 25.1 Å². The van der Waals surface area contributed by atoms with Crippen molar-refractivity contribution in [3.05, 3.63) is 40.8 Å². The molecule has 3 rings (SSSR count). The molecule has 2 aromatic heterocycles. The number of thiophene rings is 1. The largest absolute Gasteiger partial charge is 0.368 e. The average Bonchev–Trinajstić information content (AvgIpc) is 2.84. The van der Waals surface area contributed by atoms with Crippen LogP contribution in [0.2, 0.25) is 0 Å². The van der Waals surface area contributed by atoms with Crippen LogP contribution in [-0.4, -0.2) is 9.97 Å². The molecule has 5 heteroatoms. The first-order chi connectivity index (χ1) is 9.67. The molecule has 4 nitrogen and oxygen atoms in total. The number of fused-ring (bicyclic) bond motifs is 1. The van der Waals surface area contributed by atoms with E-state index < -0.39 is 0 Å². The molecule has 0 saturated heterocycles. The Kier molecular flexibility index (Phi) is 3.28. The lowest BCUT2D eigenvalue weighted by Crippen LogP contribution is -2.01. The van der Waals surface area contributed by atoms with E-state index in [1.165, 1.54) is 10.4 Å². The van der Waals surface area contributed by atoms with Gasteiger partial charge in [0.25, 0.3) is 0 Å². The van der Waals surface area contributed by atoms with Gasteiger partial charge in [-0.15, -0.1) is 11.3 Å². The molecule has 0 radical (unpaired) electrons. The number of benzene rings is 1. The van der Waals surface area contributed by atoms with E-state index in [4.69, 9.17) is 5.73 Å². The zero-order valence-corrected chi connectivity index (χ0v) is 12.3. The van der Waals surface area contributed by atoms with E-state index in [2.05, 4.69) is 41.3 Å². The summed E-state index contributed by atoms with van der Waals surface area (Å²) in [6.45, 7) is 4.20. The number of nitrogen functional groups attached to an aromatic ring is 1. The molecule has 102 valence electrons. The highest BCUT2D eigenvalue weighted by atomic mass is 32.1. The topological polar surface area (TPSA) is 63.8 Å². The summed E-state index contributed by atoms with van der Waals surface area (Å²) >= 11 is 1.67. The van der Waals surface area contributed by atoms with Crippen molar-refractivity contribution in [1.29, 1.82) is 0 Å². The van der Waals surface area contributed by atoms with Gasteiger partial charge < -0.3 is 11.1 Å². The molecule has 20 heavy (non-hydrogen) atoms. The predicted molar refractivity (Wildman–Crippen MR) is 85.7 cm³/mol. The zero-order chi connectivity index (χ0) is 14.1. The monoisotopic (exact) mass is 284 g/mol. The molecule has 0 spiro atoms. The normalized spacial score (nSPS) is 10.9. The molecular weight excluding hydrogens is 268 g/mol. The number of hydrogen-bond donors (Lipinski definition) is 2. The van der Waals surface area contributed by atoms with Gasteiger partial charge >= 0.3 is 0 Å². The summed E-state index contributed by atoms with van der Waals surface area (Å²) in [5.41, 5.74) is 8.02. The molecule has 0 aliphatic carbocycles. The highest BCUT2D eigenvalue weighted by Crippen LogP contribution is 2.32. The molecule has 3 N–H and O–H groups in total. The fraction of sp³-hybridized carbons (Fsp3) is 0.200. The second-order valence-electron chi connectivity index (χ2n) is 4.66. The highest BCUT2D eigenvalue weighted by Gasteiger charge is 2.11. The number of nitrogens with one attached hydrogen (secondary N) is 1. The molecule has 0 bridgehead atoms. The van der Waals surface area contributed by atoms with Crippen molar-refractivity contribution in [2.24, 2.45) is 0 Å². The number of anilines is 3. The smallest absolute Gasteiger partial charge is 0.223 e. The van der Waals surface area contributed by atoms with E-state index in [9.17, 15) is 0 Å². The Labute approximate surface area is 121 Å². The Hall–Kier alpha value is -2.14.